The first-order valence-electron chi connectivity index (χ1n) is 8.39. The molecule has 0 amide bonds. The van der Waals surface area contributed by atoms with Crippen LogP contribution in [0.25, 0.3) is 5.57 Å². The highest BCUT2D eigenvalue weighted by Gasteiger charge is 2.16. The van der Waals surface area contributed by atoms with E-state index in [2.05, 4.69) is 43.8 Å². The number of rotatable bonds is 4. The second-order valence-electron chi connectivity index (χ2n) is 5.94. The number of guanidine groups is 1. The Morgan fingerprint density at radius 1 is 1.42 bits per heavy atom. The van der Waals surface area contributed by atoms with Gasteiger partial charge in [0.1, 0.15) is 10.8 Å². The molecule has 2 heterocycles. The van der Waals surface area contributed by atoms with Crippen LogP contribution in [0.5, 0.6) is 5.75 Å². The molecular weight excluding hydrogens is 459 g/mol. The third-order valence-corrected chi connectivity index (χ3v) is 5.19. The van der Waals surface area contributed by atoms with Crippen LogP contribution < -0.4 is 10.1 Å². The summed E-state index contributed by atoms with van der Waals surface area (Å²) in [4.78, 5) is 11.2. The third kappa shape index (κ3) is 5.20. The normalized spacial score (nSPS) is 14.5. The molecule has 0 aliphatic carbocycles. The molecule has 1 aliphatic rings. The number of thiazole rings is 1. The molecule has 1 aromatic carbocycles. The zero-order chi connectivity index (χ0) is 17.6. The zero-order valence-corrected chi connectivity index (χ0v) is 18.5. The maximum absolute atomic E-state index is 5.33. The lowest BCUT2D eigenvalue weighted by Gasteiger charge is -2.29. The minimum absolute atomic E-state index is 0. The van der Waals surface area contributed by atoms with Crippen LogP contribution in [0.2, 0.25) is 0 Å². The maximum Gasteiger partial charge on any atom is 0.194 e. The second kappa shape index (κ2) is 9.91. The van der Waals surface area contributed by atoms with Crippen molar-refractivity contribution in [2.75, 3.05) is 27.2 Å². The van der Waals surface area contributed by atoms with Crippen molar-refractivity contribution in [3.8, 4) is 5.75 Å². The van der Waals surface area contributed by atoms with Crippen LogP contribution in [0.15, 0.2) is 40.7 Å². The molecule has 7 heteroatoms. The van der Waals surface area contributed by atoms with E-state index in [9.17, 15) is 0 Å². The first-order chi connectivity index (χ1) is 12.2. The average molecular weight is 484 g/mol. The fourth-order valence-corrected chi connectivity index (χ4v) is 3.63. The van der Waals surface area contributed by atoms with E-state index >= 15 is 0 Å². The number of ether oxygens (including phenoxy) is 1. The van der Waals surface area contributed by atoms with Crippen molar-refractivity contribution in [2.45, 2.75) is 19.9 Å². The molecule has 140 valence electrons. The van der Waals surface area contributed by atoms with Gasteiger partial charge < -0.3 is 15.0 Å². The molecule has 0 saturated heterocycles. The molecule has 3 rings (SSSR count). The summed E-state index contributed by atoms with van der Waals surface area (Å²) in [5.41, 5.74) is 3.67. The summed E-state index contributed by atoms with van der Waals surface area (Å²) in [6.45, 7) is 4.53. The Balaban J connectivity index is 0.00000243. The quantitative estimate of drug-likeness (QED) is 0.406. The average Bonchev–Trinajstić information content (AvgIpc) is 3.08. The zero-order valence-electron chi connectivity index (χ0n) is 15.4. The Bertz CT molecular complexity index is 787. The Labute approximate surface area is 176 Å². The van der Waals surface area contributed by atoms with Crippen molar-refractivity contribution in [2.24, 2.45) is 4.99 Å². The topological polar surface area (TPSA) is 49.8 Å². The molecule has 0 spiro atoms. The number of hydrogen-bond donors (Lipinski definition) is 1. The van der Waals surface area contributed by atoms with Crippen LogP contribution in [0.1, 0.15) is 22.7 Å². The van der Waals surface area contributed by atoms with E-state index in [0.29, 0.717) is 6.54 Å². The number of nitrogens with zero attached hydrogens (tertiary/aromatic N) is 3. The monoisotopic (exact) mass is 484 g/mol. The Kier molecular flexibility index (Phi) is 7.89. The Morgan fingerprint density at radius 3 is 2.88 bits per heavy atom. The van der Waals surface area contributed by atoms with Gasteiger partial charge in [0.25, 0.3) is 0 Å². The summed E-state index contributed by atoms with van der Waals surface area (Å²) in [6, 6.07) is 8.25. The lowest BCUT2D eigenvalue weighted by molar-refractivity contribution is 0.414. The summed E-state index contributed by atoms with van der Waals surface area (Å²) < 4.78 is 5.33. The van der Waals surface area contributed by atoms with Gasteiger partial charge in [-0.3, -0.25) is 4.99 Å². The van der Waals surface area contributed by atoms with Gasteiger partial charge in [-0.05, 0) is 36.6 Å². The number of benzene rings is 1. The summed E-state index contributed by atoms with van der Waals surface area (Å²) in [5.74, 6) is 1.82. The summed E-state index contributed by atoms with van der Waals surface area (Å²) in [5, 5.41) is 6.58. The number of halogens is 1. The third-order valence-electron chi connectivity index (χ3n) is 4.23. The smallest absolute Gasteiger partial charge is 0.194 e. The highest BCUT2D eigenvalue weighted by atomic mass is 127. The van der Waals surface area contributed by atoms with Crippen molar-refractivity contribution >= 4 is 46.8 Å². The van der Waals surface area contributed by atoms with Gasteiger partial charge in [-0.2, -0.15) is 0 Å². The molecule has 0 bridgehead atoms. The number of aryl methyl sites for hydroxylation is 1. The van der Waals surface area contributed by atoms with Gasteiger partial charge >= 0.3 is 0 Å². The molecule has 1 N–H and O–H groups in total. The molecule has 1 aliphatic heterocycles. The van der Waals surface area contributed by atoms with Crippen molar-refractivity contribution in [3.63, 3.8) is 0 Å². The maximum atomic E-state index is 5.33. The highest BCUT2D eigenvalue weighted by Crippen LogP contribution is 2.25. The van der Waals surface area contributed by atoms with Gasteiger partial charge in [0.2, 0.25) is 0 Å². The van der Waals surface area contributed by atoms with Crippen molar-refractivity contribution in [3.05, 3.63) is 52.0 Å². The lowest BCUT2D eigenvalue weighted by atomic mass is 9.99. The van der Waals surface area contributed by atoms with Crippen LogP contribution in [0.3, 0.4) is 0 Å². The van der Waals surface area contributed by atoms with Gasteiger partial charge in [0.05, 0.1) is 13.7 Å². The standard InChI is InChI=1S/C19H24N4OS.HI/c1-14-13-25-18(22-14)12-21-19(20-2)23-9-7-15(8-10-23)16-5-4-6-17(11-16)24-3;/h4-7,11,13H,8-10,12H2,1-3H3,(H,20,21);1H. The van der Waals surface area contributed by atoms with Crippen LogP contribution >= 0.6 is 35.3 Å². The minimum Gasteiger partial charge on any atom is -0.497 e. The fourth-order valence-electron chi connectivity index (χ4n) is 2.92. The molecule has 0 atom stereocenters. The van der Waals surface area contributed by atoms with Crippen LogP contribution in [-0.4, -0.2) is 43.1 Å². The fraction of sp³-hybridized carbons (Fsp3) is 0.368. The van der Waals surface area contributed by atoms with Crippen LogP contribution in [0, 0.1) is 6.92 Å². The van der Waals surface area contributed by atoms with Gasteiger partial charge in [0, 0.05) is 31.2 Å². The molecule has 26 heavy (non-hydrogen) atoms. The van der Waals surface area contributed by atoms with Crippen molar-refractivity contribution in [1.29, 1.82) is 0 Å². The number of aromatic nitrogens is 1. The van der Waals surface area contributed by atoms with Gasteiger partial charge in [-0.15, -0.1) is 35.3 Å². The summed E-state index contributed by atoms with van der Waals surface area (Å²) >= 11 is 1.68. The van der Waals surface area contributed by atoms with E-state index in [1.165, 1.54) is 11.1 Å². The molecule has 0 unspecified atom stereocenters. The predicted molar refractivity (Wildman–Crippen MR) is 120 cm³/mol. The SMILES string of the molecule is CN=C(NCc1nc(C)cs1)N1CC=C(c2cccc(OC)c2)CC1.I. The molecular formula is C19H25IN4OS. The molecule has 5 nitrogen and oxygen atoms in total. The van der Waals surface area contributed by atoms with E-state index in [4.69, 9.17) is 4.74 Å². The predicted octanol–water partition coefficient (Wildman–Crippen LogP) is 3.94. The first kappa shape index (κ1) is 20.7. The number of nitrogens with one attached hydrogen (secondary N) is 1. The van der Waals surface area contributed by atoms with E-state index < -0.39 is 0 Å². The lowest BCUT2D eigenvalue weighted by Crippen LogP contribution is -2.43. The van der Waals surface area contributed by atoms with Gasteiger partial charge in [-0.1, -0.05) is 18.2 Å². The second-order valence-corrected chi connectivity index (χ2v) is 6.88. The molecule has 2 aromatic rings. The van der Waals surface area contributed by atoms with Crippen molar-refractivity contribution < 1.29 is 4.74 Å². The number of aliphatic imine (C=N–C) groups is 1. The van der Waals surface area contributed by atoms with Crippen LogP contribution in [-0.2, 0) is 6.54 Å². The molecule has 0 fully saturated rings. The van der Waals surface area contributed by atoms with Gasteiger partial charge in [-0.25, -0.2) is 4.98 Å². The van der Waals surface area contributed by atoms with Crippen LogP contribution in [0.4, 0.5) is 0 Å². The first-order valence-corrected chi connectivity index (χ1v) is 9.27. The molecule has 0 radical (unpaired) electrons. The van der Waals surface area contributed by atoms with E-state index in [-0.39, 0.29) is 24.0 Å². The highest BCUT2D eigenvalue weighted by molar-refractivity contribution is 14.0. The molecule has 0 saturated carbocycles. The Morgan fingerprint density at radius 2 is 2.27 bits per heavy atom. The summed E-state index contributed by atoms with van der Waals surface area (Å²) in [7, 11) is 3.53. The largest absolute Gasteiger partial charge is 0.497 e. The minimum atomic E-state index is 0. The number of hydrogen-bond acceptors (Lipinski definition) is 4. The summed E-state index contributed by atoms with van der Waals surface area (Å²) in [6.07, 6.45) is 3.27. The number of methoxy groups -OCH3 is 1. The van der Waals surface area contributed by atoms with Gasteiger partial charge in [0.15, 0.2) is 5.96 Å². The van der Waals surface area contributed by atoms with Crippen molar-refractivity contribution in [1.82, 2.24) is 15.2 Å². The Hall–Kier alpha value is -1.61. The van der Waals surface area contributed by atoms with E-state index in [1.807, 2.05) is 26.1 Å². The van der Waals surface area contributed by atoms with E-state index in [0.717, 1.165) is 41.9 Å². The molecule has 1 aromatic heterocycles. The van der Waals surface area contributed by atoms with E-state index in [1.54, 1.807) is 18.4 Å².